The molecule has 5 nitrogen and oxygen atoms in total. The fraction of sp³-hybridized carbons (Fsp3) is 0.588. The molecule has 0 spiro atoms. The molecule has 1 saturated heterocycles. The zero-order chi connectivity index (χ0) is 15.9. The van der Waals surface area contributed by atoms with Gasteiger partial charge in [0.05, 0.1) is 7.11 Å². The Morgan fingerprint density at radius 3 is 2.45 bits per heavy atom. The van der Waals surface area contributed by atoms with E-state index in [4.69, 9.17) is 9.47 Å². The molecular formula is C17H26N2O3. The molecule has 1 aliphatic heterocycles. The second-order valence-electron chi connectivity index (χ2n) is 5.67. The van der Waals surface area contributed by atoms with E-state index in [2.05, 4.69) is 11.9 Å². The summed E-state index contributed by atoms with van der Waals surface area (Å²) in [6.07, 6.45) is 1.26. The molecule has 0 aromatic heterocycles. The lowest BCUT2D eigenvalue weighted by Crippen LogP contribution is -2.43. The Labute approximate surface area is 132 Å². The van der Waals surface area contributed by atoms with E-state index >= 15 is 0 Å². The van der Waals surface area contributed by atoms with Crippen molar-refractivity contribution in [2.75, 3.05) is 40.3 Å². The molecule has 0 aliphatic carbocycles. The highest BCUT2D eigenvalue weighted by Gasteiger charge is 2.25. The molecule has 0 bridgehead atoms. The zero-order valence-corrected chi connectivity index (χ0v) is 13.7. The van der Waals surface area contributed by atoms with E-state index in [0.717, 1.165) is 38.3 Å². The highest BCUT2D eigenvalue weighted by atomic mass is 16.5. The van der Waals surface area contributed by atoms with Crippen LogP contribution in [0.15, 0.2) is 24.3 Å². The smallest absolute Gasteiger partial charge is 0.263 e. The Balaban J connectivity index is 1.98. The van der Waals surface area contributed by atoms with Crippen molar-refractivity contribution in [2.24, 2.45) is 0 Å². The molecule has 1 amide bonds. The van der Waals surface area contributed by atoms with Gasteiger partial charge < -0.3 is 19.3 Å². The van der Waals surface area contributed by atoms with Crippen molar-refractivity contribution in [3.8, 4) is 11.5 Å². The summed E-state index contributed by atoms with van der Waals surface area (Å²) in [5.41, 5.74) is 0. The lowest BCUT2D eigenvalue weighted by Gasteiger charge is -2.26. The maximum atomic E-state index is 12.7. The molecule has 1 fully saturated rings. The van der Waals surface area contributed by atoms with Crippen LogP contribution in [0.2, 0.25) is 0 Å². The van der Waals surface area contributed by atoms with E-state index in [-0.39, 0.29) is 5.91 Å². The summed E-state index contributed by atoms with van der Waals surface area (Å²) in [7, 11) is 3.73. The molecule has 1 heterocycles. The van der Waals surface area contributed by atoms with Crippen molar-refractivity contribution in [1.82, 2.24) is 9.80 Å². The van der Waals surface area contributed by atoms with Gasteiger partial charge in [-0.15, -0.1) is 0 Å². The number of nitrogens with zero attached hydrogens (tertiary/aromatic N) is 2. The number of benzene rings is 1. The molecule has 0 N–H and O–H groups in total. The Morgan fingerprint density at radius 1 is 1.14 bits per heavy atom. The van der Waals surface area contributed by atoms with E-state index in [1.54, 1.807) is 7.11 Å². The Bertz CT molecular complexity index is 475. The monoisotopic (exact) mass is 306 g/mol. The Morgan fingerprint density at radius 2 is 1.82 bits per heavy atom. The van der Waals surface area contributed by atoms with Crippen molar-refractivity contribution in [3.63, 3.8) is 0 Å². The first kappa shape index (κ1) is 16.6. The van der Waals surface area contributed by atoms with Crippen LogP contribution >= 0.6 is 0 Å². The standard InChI is InChI=1S/C17H26N2O3/c1-4-16(22-15-8-6-14(21-3)7-9-15)17(20)19-11-5-10-18(2)12-13-19/h6-9,16H,4-5,10-13H2,1-3H3. The van der Waals surface area contributed by atoms with Gasteiger partial charge in [0.2, 0.25) is 0 Å². The van der Waals surface area contributed by atoms with Crippen molar-refractivity contribution in [3.05, 3.63) is 24.3 Å². The predicted molar refractivity (Wildman–Crippen MR) is 86.4 cm³/mol. The molecule has 1 unspecified atom stereocenters. The molecule has 1 aromatic carbocycles. The molecule has 122 valence electrons. The molecule has 1 aromatic rings. The van der Waals surface area contributed by atoms with Crippen LogP contribution in [0.5, 0.6) is 11.5 Å². The second-order valence-corrected chi connectivity index (χ2v) is 5.67. The summed E-state index contributed by atoms with van der Waals surface area (Å²) in [6, 6.07) is 7.36. The first-order valence-corrected chi connectivity index (χ1v) is 7.92. The predicted octanol–water partition coefficient (Wildman–Crippen LogP) is 2.02. The second kappa shape index (κ2) is 8.03. The molecule has 2 rings (SSSR count). The fourth-order valence-corrected chi connectivity index (χ4v) is 2.60. The van der Waals surface area contributed by atoms with Crippen LogP contribution in [0.3, 0.4) is 0 Å². The lowest BCUT2D eigenvalue weighted by atomic mass is 10.2. The number of ether oxygens (including phenoxy) is 2. The molecule has 1 atom stereocenters. The summed E-state index contributed by atoms with van der Waals surface area (Å²) in [4.78, 5) is 16.9. The maximum Gasteiger partial charge on any atom is 0.263 e. The first-order chi connectivity index (χ1) is 10.6. The van der Waals surface area contributed by atoms with Crippen LogP contribution in [0.1, 0.15) is 19.8 Å². The van der Waals surface area contributed by atoms with Gasteiger partial charge in [-0.05, 0) is 50.7 Å². The largest absolute Gasteiger partial charge is 0.497 e. The van der Waals surface area contributed by atoms with E-state index in [9.17, 15) is 4.79 Å². The third-order valence-corrected chi connectivity index (χ3v) is 4.02. The Kier molecular flexibility index (Phi) is 6.07. The minimum atomic E-state index is -0.420. The summed E-state index contributed by atoms with van der Waals surface area (Å²) in [5, 5.41) is 0. The average molecular weight is 306 g/mol. The number of hydrogen-bond donors (Lipinski definition) is 0. The van der Waals surface area contributed by atoms with Crippen LogP contribution in [0.4, 0.5) is 0 Å². The summed E-state index contributed by atoms with van der Waals surface area (Å²) >= 11 is 0. The van der Waals surface area contributed by atoms with Gasteiger partial charge >= 0.3 is 0 Å². The van der Waals surface area contributed by atoms with Gasteiger partial charge in [0.25, 0.3) is 5.91 Å². The SMILES string of the molecule is CCC(Oc1ccc(OC)cc1)C(=O)N1CCCN(C)CC1. The maximum absolute atomic E-state index is 12.7. The minimum Gasteiger partial charge on any atom is -0.497 e. The van der Waals surface area contributed by atoms with Gasteiger partial charge in [0.15, 0.2) is 6.10 Å². The number of carbonyl (C=O) groups excluding carboxylic acids is 1. The van der Waals surface area contributed by atoms with Crippen molar-refractivity contribution in [2.45, 2.75) is 25.9 Å². The van der Waals surface area contributed by atoms with Crippen LogP contribution in [0.25, 0.3) is 0 Å². The van der Waals surface area contributed by atoms with E-state index in [1.807, 2.05) is 36.1 Å². The van der Waals surface area contributed by atoms with Gasteiger partial charge in [-0.1, -0.05) is 6.92 Å². The van der Waals surface area contributed by atoms with Crippen molar-refractivity contribution >= 4 is 5.91 Å². The number of amides is 1. The Hall–Kier alpha value is -1.75. The third kappa shape index (κ3) is 4.37. The van der Waals surface area contributed by atoms with E-state index in [1.165, 1.54) is 0 Å². The number of likely N-dealkylation sites (N-methyl/N-ethyl adjacent to an activating group) is 1. The first-order valence-electron chi connectivity index (χ1n) is 7.92. The van der Waals surface area contributed by atoms with Gasteiger partial charge in [-0.3, -0.25) is 4.79 Å². The van der Waals surface area contributed by atoms with Gasteiger partial charge in [-0.25, -0.2) is 0 Å². The molecule has 0 radical (unpaired) electrons. The average Bonchev–Trinajstić information content (AvgIpc) is 2.77. The molecule has 22 heavy (non-hydrogen) atoms. The van der Waals surface area contributed by atoms with Crippen molar-refractivity contribution in [1.29, 1.82) is 0 Å². The zero-order valence-electron chi connectivity index (χ0n) is 13.7. The number of rotatable bonds is 5. The number of carbonyl (C=O) groups is 1. The molecule has 0 saturated carbocycles. The lowest BCUT2D eigenvalue weighted by molar-refractivity contribution is -0.138. The molecule has 1 aliphatic rings. The number of hydrogen-bond acceptors (Lipinski definition) is 4. The summed E-state index contributed by atoms with van der Waals surface area (Å²) in [5.74, 6) is 1.57. The van der Waals surface area contributed by atoms with Gasteiger partial charge in [-0.2, -0.15) is 0 Å². The number of methoxy groups -OCH3 is 1. The van der Waals surface area contributed by atoms with Crippen molar-refractivity contribution < 1.29 is 14.3 Å². The highest BCUT2D eigenvalue weighted by Crippen LogP contribution is 2.20. The van der Waals surface area contributed by atoms with Crippen LogP contribution in [-0.2, 0) is 4.79 Å². The molecular weight excluding hydrogens is 280 g/mol. The van der Waals surface area contributed by atoms with E-state index < -0.39 is 6.10 Å². The fourth-order valence-electron chi connectivity index (χ4n) is 2.60. The summed E-state index contributed by atoms with van der Waals surface area (Å²) in [6.45, 7) is 5.53. The normalized spacial score (nSPS) is 17.7. The van der Waals surface area contributed by atoms with E-state index in [0.29, 0.717) is 12.2 Å². The van der Waals surface area contributed by atoms with Crippen LogP contribution in [-0.4, -0.2) is 62.1 Å². The topological polar surface area (TPSA) is 42.0 Å². The van der Waals surface area contributed by atoms with Gasteiger partial charge in [0.1, 0.15) is 11.5 Å². The van der Waals surface area contributed by atoms with Crippen LogP contribution < -0.4 is 9.47 Å². The third-order valence-electron chi connectivity index (χ3n) is 4.02. The highest BCUT2D eigenvalue weighted by molar-refractivity contribution is 5.81. The van der Waals surface area contributed by atoms with Crippen LogP contribution in [0, 0.1) is 0 Å². The summed E-state index contributed by atoms with van der Waals surface area (Å²) < 4.78 is 11.0. The van der Waals surface area contributed by atoms with Gasteiger partial charge in [0, 0.05) is 19.6 Å². The quantitative estimate of drug-likeness (QED) is 0.834. The molecule has 5 heteroatoms. The minimum absolute atomic E-state index is 0.0913.